The maximum atomic E-state index is 14.3. The largest absolute Gasteiger partial charge is 0.504 e. The number of aliphatic hydroxyl groups excluding tert-OH is 1. The average molecular weight is 905 g/mol. The molecule has 7 unspecified atom stereocenters. The van der Waals surface area contributed by atoms with Gasteiger partial charge in [-0.1, -0.05) is 13.8 Å². The van der Waals surface area contributed by atoms with Crippen LogP contribution >= 0.6 is 7.82 Å². The van der Waals surface area contributed by atoms with E-state index in [0.717, 1.165) is 16.7 Å². The first-order valence-corrected chi connectivity index (χ1v) is 20.4. The third kappa shape index (κ3) is 10.6. The number of phosphoric acid groups is 1. The van der Waals surface area contributed by atoms with Crippen LogP contribution in [0.2, 0.25) is 0 Å². The number of nitriles is 1. The van der Waals surface area contributed by atoms with E-state index in [1.54, 1.807) is 13.8 Å². The monoisotopic (exact) mass is 904 g/mol. The van der Waals surface area contributed by atoms with Gasteiger partial charge in [0.15, 0.2) is 35.0 Å². The Bertz CT molecular complexity index is 2630. The number of amides is 1. The first-order chi connectivity index (χ1) is 29.9. The Labute approximate surface area is 353 Å². The number of rotatable bonds is 17. The first-order valence-electron chi connectivity index (χ1n) is 19.0. The zero-order chi connectivity index (χ0) is 45.7. The van der Waals surface area contributed by atoms with E-state index in [4.69, 9.17) is 37.8 Å². The van der Waals surface area contributed by atoms with Gasteiger partial charge >= 0.3 is 25.5 Å². The van der Waals surface area contributed by atoms with Crippen LogP contribution in [0.4, 0.5) is 5.95 Å². The molecule has 0 aliphatic carbocycles. The number of phenolic OH excluding ortho intramolecular Hbond substituents is 3. The van der Waals surface area contributed by atoms with Crippen molar-refractivity contribution in [2.24, 2.45) is 5.92 Å². The molecule has 5 heterocycles. The van der Waals surface area contributed by atoms with E-state index in [9.17, 15) is 53.8 Å². The van der Waals surface area contributed by atoms with Gasteiger partial charge in [0.1, 0.15) is 36.9 Å². The van der Waals surface area contributed by atoms with Gasteiger partial charge in [-0.05, 0) is 19.1 Å². The second-order valence-corrected chi connectivity index (χ2v) is 16.0. The number of ether oxygens (including phenoxy) is 4. The third-order valence-corrected chi connectivity index (χ3v) is 11.0. The molecule has 3 aromatic heterocycles. The molecule has 4 aromatic rings. The number of benzene rings is 1. The van der Waals surface area contributed by atoms with Crippen molar-refractivity contribution >= 4 is 42.8 Å². The quantitative estimate of drug-likeness (QED) is 0.0327. The molecular formula is C36H41N8O18P. The Kier molecular flexibility index (Phi) is 14.1. The van der Waals surface area contributed by atoms with E-state index in [2.05, 4.69) is 25.3 Å². The summed E-state index contributed by atoms with van der Waals surface area (Å²) in [5.74, 6) is -6.09. The van der Waals surface area contributed by atoms with Crippen LogP contribution in [0.3, 0.4) is 0 Å². The van der Waals surface area contributed by atoms with Gasteiger partial charge in [-0.15, -0.1) is 0 Å². The fraction of sp³-hybridized carbons (Fsp3) is 0.472. The summed E-state index contributed by atoms with van der Waals surface area (Å²) in [5, 5.41) is 50.9. The number of nitrogens with one attached hydrogen (secondary N) is 3. The predicted octanol–water partition coefficient (Wildman–Crippen LogP) is 0.466. The zero-order valence-electron chi connectivity index (χ0n) is 33.5. The van der Waals surface area contributed by atoms with Crippen LogP contribution in [0.1, 0.15) is 61.5 Å². The molecule has 1 amide bonds. The molecule has 27 heteroatoms. The number of aromatic amines is 2. The highest BCUT2D eigenvalue weighted by Gasteiger charge is 2.46. The molecule has 2 fully saturated rings. The number of aliphatic hydroxyl groups is 1. The van der Waals surface area contributed by atoms with E-state index in [0.29, 0.717) is 0 Å². The predicted molar refractivity (Wildman–Crippen MR) is 208 cm³/mol. The van der Waals surface area contributed by atoms with Crippen LogP contribution in [-0.2, 0) is 46.7 Å². The molecule has 26 nitrogen and oxygen atoms in total. The molecule has 0 radical (unpaired) electrons. The molecule has 338 valence electrons. The number of aryl methyl sites for hydroxylation is 1. The maximum absolute atomic E-state index is 14.3. The number of hydrogen-bond donors (Lipinski definition) is 7. The smallest absolute Gasteiger partial charge is 0.475 e. The van der Waals surface area contributed by atoms with Crippen molar-refractivity contribution in [2.75, 3.05) is 31.7 Å². The fourth-order valence-electron chi connectivity index (χ4n) is 6.31. The number of nitrogens with zero attached hydrogens (tertiary/aromatic N) is 5. The number of hydrogen-bond acceptors (Lipinski definition) is 21. The minimum absolute atomic E-state index is 0.0692. The van der Waals surface area contributed by atoms with Crippen molar-refractivity contribution in [1.82, 2.24) is 29.1 Å². The van der Waals surface area contributed by atoms with Crippen LogP contribution in [0.25, 0.3) is 11.2 Å². The number of H-pyrrole nitrogens is 2. The van der Waals surface area contributed by atoms with Gasteiger partial charge in [0.25, 0.3) is 11.1 Å². The molecule has 6 rings (SSSR count). The number of aromatic nitrogens is 6. The van der Waals surface area contributed by atoms with Crippen molar-refractivity contribution < 1.29 is 71.9 Å². The summed E-state index contributed by atoms with van der Waals surface area (Å²) in [6.45, 7) is 1.76. The summed E-state index contributed by atoms with van der Waals surface area (Å²) in [4.78, 5) is 88.6. The second-order valence-electron chi connectivity index (χ2n) is 14.4. The topological polar surface area (TPSA) is 368 Å². The molecular weight excluding hydrogens is 863 g/mol. The number of aromatic hydroxyl groups is 3. The van der Waals surface area contributed by atoms with Crippen molar-refractivity contribution in [1.29, 1.82) is 5.26 Å². The Morgan fingerprint density at radius 3 is 2.38 bits per heavy atom. The molecule has 0 saturated carbocycles. The van der Waals surface area contributed by atoms with Crippen LogP contribution in [0.5, 0.6) is 17.2 Å². The lowest BCUT2D eigenvalue weighted by atomic mass is 10.2. The third-order valence-electron chi connectivity index (χ3n) is 9.54. The van der Waals surface area contributed by atoms with Gasteiger partial charge in [0.05, 0.1) is 44.2 Å². The molecule has 0 spiro atoms. The van der Waals surface area contributed by atoms with Gasteiger partial charge in [-0.3, -0.25) is 52.4 Å². The molecule has 2 aliphatic heterocycles. The molecule has 2 saturated heterocycles. The summed E-state index contributed by atoms with van der Waals surface area (Å²) < 4.78 is 56.1. The van der Waals surface area contributed by atoms with Gasteiger partial charge in [0.2, 0.25) is 11.9 Å². The van der Waals surface area contributed by atoms with Crippen LogP contribution in [0.15, 0.2) is 39.0 Å². The van der Waals surface area contributed by atoms with E-state index in [-0.39, 0.29) is 41.9 Å². The van der Waals surface area contributed by atoms with Crippen LogP contribution in [-0.4, -0.2) is 118 Å². The molecule has 7 atom stereocenters. The number of phenols is 3. The van der Waals surface area contributed by atoms with Gasteiger partial charge in [-0.2, -0.15) is 10.2 Å². The number of fused-ring (bicyclic) bond motifs is 1. The number of imidazole rings is 1. The normalized spacial score (nSPS) is 21.8. The van der Waals surface area contributed by atoms with E-state index in [1.165, 1.54) is 24.0 Å². The lowest BCUT2D eigenvalue weighted by molar-refractivity contribution is -0.156. The van der Waals surface area contributed by atoms with E-state index in [1.807, 2.05) is 6.07 Å². The minimum Gasteiger partial charge on any atom is -0.504 e. The van der Waals surface area contributed by atoms with Crippen LogP contribution in [0, 0.1) is 24.2 Å². The second kappa shape index (κ2) is 19.3. The molecule has 63 heavy (non-hydrogen) atoms. The lowest BCUT2D eigenvalue weighted by Gasteiger charge is -2.25. The zero-order valence-corrected chi connectivity index (χ0v) is 34.4. The summed E-state index contributed by atoms with van der Waals surface area (Å²) in [5.41, 5.74) is -2.67. The fourth-order valence-corrected chi connectivity index (χ4v) is 7.71. The Balaban J connectivity index is 1.24. The maximum Gasteiger partial charge on any atom is 0.475 e. The standard InChI is InChI=1S/C36H41N8O18P/c1-16(2)31(50)40-35-39-30-28(33(52)41-35)38-15-44(30)26-9-21(61-27(48)14-56-34(53)18-7-19(46)29(49)20(47)8-18)24(60-26)13-58-63(55,57-6-4-5-37)62-22-10-25(59-23(22)12-45)43-11-17(3)32(51)42-36(43)54/h7-8,11,15-16,21-26,45-47,49H,4,6,9-10,12-14H2,1-3H3,(H,42,51,54)(H2,39,40,41,50,52). The number of esters is 2. The molecule has 2 aliphatic rings. The summed E-state index contributed by atoms with van der Waals surface area (Å²) in [6, 6.07) is 3.38. The number of carbonyl (C=O) groups excluding carboxylic acids is 3. The number of carbonyl (C=O) groups is 3. The highest BCUT2D eigenvalue weighted by molar-refractivity contribution is 7.48. The van der Waals surface area contributed by atoms with Gasteiger partial charge in [-0.25, -0.2) is 23.9 Å². The molecule has 7 N–H and O–H groups in total. The Morgan fingerprint density at radius 2 is 1.70 bits per heavy atom. The van der Waals surface area contributed by atoms with Crippen molar-refractivity contribution in [3.63, 3.8) is 0 Å². The van der Waals surface area contributed by atoms with Crippen molar-refractivity contribution in [2.45, 2.75) is 76.9 Å². The average Bonchev–Trinajstić information content (AvgIpc) is 3.96. The van der Waals surface area contributed by atoms with Crippen molar-refractivity contribution in [3.05, 3.63) is 67.0 Å². The highest BCUT2D eigenvalue weighted by atomic mass is 31.2. The minimum atomic E-state index is -4.79. The van der Waals surface area contributed by atoms with Crippen molar-refractivity contribution in [3.8, 4) is 23.3 Å². The first kappa shape index (κ1) is 46.1. The van der Waals surface area contributed by atoms with Gasteiger partial charge < -0.3 is 39.4 Å². The SMILES string of the molecule is Cc1cn(C2CC(OP(=O)(OCCC#N)OCC3OC(n4cnc5c(=O)[nH]c(NC(=O)C(C)C)nc54)CC3OC(=O)COC(=O)c3cc(O)c(O)c(O)c3)C(CO)O2)c(=O)[nH]c1=O. The molecule has 1 aromatic carbocycles. The summed E-state index contributed by atoms with van der Waals surface area (Å²) >= 11 is 0. The van der Waals surface area contributed by atoms with Gasteiger partial charge in [0, 0.05) is 30.5 Å². The lowest BCUT2D eigenvalue weighted by Crippen LogP contribution is -2.33. The Hall–Kier alpha value is -6.46. The summed E-state index contributed by atoms with van der Waals surface area (Å²) in [6.07, 6.45) is -5.73. The highest BCUT2D eigenvalue weighted by Crippen LogP contribution is 2.54. The van der Waals surface area contributed by atoms with E-state index >= 15 is 0 Å². The number of anilines is 1. The number of phosphoric ester groups is 1. The molecule has 0 bridgehead atoms. The summed E-state index contributed by atoms with van der Waals surface area (Å²) in [7, 11) is -4.79. The van der Waals surface area contributed by atoms with E-state index < -0.39 is 135 Å². The van der Waals surface area contributed by atoms with Crippen LogP contribution < -0.4 is 22.1 Å². The Morgan fingerprint density at radius 1 is 1.02 bits per heavy atom.